The van der Waals surface area contributed by atoms with E-state index in [0.29, 0.717) is 22.7 Å². The zero-order valence-electron chi connectivity index (χ0n) is 9.96. The highest BCUT2D eigenvalue weighted by atomic mass is 16.3. The number of fused-ring (bicyclic) bond motifs is 1. The minimum Gasteiger partial charge on any atom is -0.463 e. The molecule has 3 N–H and O–H groups in total. The van der Waals surface area contributed by atoms with Crippen LogP contribution in [-0.2, 0) is 0 Å². The van der Waals surface area contributed by atoms with Gasteiger partial charge in [-0.05, 0) is 18.2 Å². The highest BCUT2D eigenvalue weighted by molar-refractivity contribution is 6.12. The first-order valence-corrected chi connectivity index (χ1v) is 5.73. The standard InChI is InChI=1S/C14H11N3O2/c15-13-6-5-9(7-16-13)17-14(18)11-8-19-12-4-2-1-3-10(11)12/h1-8H,(H2,15,16)(H,17,18). The molecular formula is C14H11N3O2. The Morgan fingerprint density at radius 2 is 2.05 bits per heavy atom. The highest BCUT2D eigenvalue weighted by Crippen LogP contribution is 2.21. The van der Waals surface area contributed by atoms with Gasteiger partial charge in [-0.3, -0.25) is 4.79 Å². The lowest BCUT2D eigenvalue weighted by Crippen LogP contribution is -2.11. The predicted molar refractivity (Wildman–Crippen MR) is 72.8 cm³/mol. The number of nitrogens with two attached hydrogens (primary N) is 1. The summed E-state index contributed by atoms with van der Waals surface area (Å²) in [5.41, 5.74) is 7.25. The van der Waals surface area contributed by atoms with Crippen molar-refractivity contribution in [1.82, 2.24) is 4.98 Å². The number of para-hydroxylation sites is 1. The number of carbonyl (C=O) groups is 1. The molecule has 3 rings (SSSR count). The Morgan fingerprint density at radius 3 is 2.84 bits per heavy atom. The third-order valence-electron chi connectivity index (χ3n) is 2.77. The summed E-state index contributed by atoms with van der Waals surface area (Å²) in [5.74, 6) is 0.170. The van der Waals surface area contributed by atoms with Crippen LogP contribution in [0.25, 0.3) is 11.0 Å². The Labute approximate surface area is 109 Å². The fourth-order valence-corrected chi connectivity index (χ4v) is 1.83. The summed E-state index contributed by atoms with van der Waals surface area (Å²) in [6, 6.07) is 10.7. The van der Waals surface area contributed by atoms with Gasteiger partial charge in [0.2, 0.25) is 0 Å². The second-order valence-corrected chi connectivity index (χ2v) is 4.07. The molecule has 0 aliphatic rings. The van der Waals surface area contributed by atoms with E-state index in [1.165, 1.54) is 12.5 Å². The molecule has 1 amide bonds. The van der Waals surface area contributed by atoms with Gasteiger partial charge in [-0.25, -0.2) is 4.98 Å². The van der Waals surface area contributed by atoms with E-state index in [0.717, 1.165) is 5.39 Å². The number of nitrogens with zero attached hydrogens (tertiary/aromatic N) is 1. The molecule has 5 nitrogen and oxygen atoms in total. The molecule has 19 heavy (non-hydrogen) atoms. The number of nitrogens with one attached hydrogen (secondary N) is 1. The molecule has 0 spiro atoms. The molecule has 0 saturated carbocycles. The molecule has 0 fully saturated rings. The van der Waals surface area contributed by atoms with E-state index in [9.17, 15) is 4.79 Å². The zero-order valence-corrected chi connectivity index (χ0v) is 9.96. The molecular weight excluding hydrogens is 242 g/mol. The predicted octanol–water partition coefficient (Wildman–Crippen LogP) is 2.66. The summed E-state index contributed by atoms with van der Waals surface area (Å²) in [7, 11) is 0. The van der Waals surface area contributed by atoms with Gasteiger partial charge < -0.3 is 15.5 Å². The largest absolute Gasteiger partial charge is 0.463 e. The number of rotatable bonds is 2. The van der Waals surface area contributed by atoms with Crippen LogP contribution in [0.3, 0.4) is 0 Å². The van der Waals surface area contributed by atoms with E-state index in [1.54, 1.807) is 12.1 Å². The third kappa shape index (κ3) is 2.13. The van der Waals surface area contributed by atoms with E-state index < -0.39 is 0 Å². The van der Waals surface area contributed by atoms with Gasteiger partial charge in [-0.2, -0.15) is 0 Å². The molecule has 0 aliphatic heterocycles. The summed E-state index contributed by atoms with van der Waals surface area (Å²) in [5, 5.41) is 3.53. The minimum atomic E-state index is -0.239. The van der Waals surface area contributed by atoms with Crippen LogP contribution in [0, 0.1) is 0 Å². The van der Waals surface area contributed by atoms with Gasteiger partial charge >= 0.3 is 0 Å². The lowest BCUT2D eigenvalue weighted by Gasteiger charge is -2.03. The maximum Gasteiger partial charge on any atom is 0.259 e. The third-order valence-corrected chi connectivity index (χ3v) is 2.77. The van der Waals surface area contributed by atoms with E-state index in [2.05, 4.69) is 10.3 Å². The number of aromatic nitrogens is 1. The summed E-state index contributed by atoms with van der Waals surface area (Å²) < 4.78 is 5.33. The first-order valence-electron chi connectivity index (χ1n) is 5.73. The smallest absolute Gasteiger partial charge is 0.259 e. The van der Waals surface area contributed by atoms with E-state index in [1.807, 2.05) is 24.3 Å². The van der Waals surface area contributed by atoms with Crippen LogP contribution in [0.1, 0.15) is 10.4 Å². The van der Waals surface area contributed by atoms with Crippen molar-refractivity contribution in [2.24, 2.45) is 0 Å². The maximum absolute atomic E-state index is 12.1. The van der Waals surface area contributed by atoms with Crippen molar-refractivity contribution in [3.05, 3.63) is 54.4 Å². The van der Waals surface area contributed by atoms with Gasteiger partial charge in [-0.15, -0.1) is 0 Å². The van der Waals surface area contributed by atoms with Crippen LogP contribution < -0.4 is 11.1 Å². The Morgan fingerprint density at radius 1 is 1.21 bits per heavy atom. The van der Waals surface area contributed by atoms with Crippen LogP contribution in [0.5, 0.6) is 0 Å². The lowest BCUT2D eigenvalue weighted by atomic mass is 10.1. The number of pyridine rings is 1. The van der Waals surface area contributed by atoms with Gasteiger partial charge in [0.25, 0.3) is 5.91 Å². The number of nitrogen functional groups attached to an aromatic ring is 1. The summed E-state index contributed by atoms with van der Waals surface area (Å²) in [6.07, 6.45) is 2.96. The Balaban J connectivity index is 1.90. The summed E-state index contributed by atoms with van der Waals surface area (Å²) in [4.78, 5) is 16.1. The molecule has 0 radical (unpaired) electrons. The summed E-state index contributed by atoms with van der Waals surface area (Å²) in [6.45, 7) is 0. The quantitative estimate of drug-likeness (QED) is 0.735. The van der Waals surface area contributed by atoms with Crippen molar-refractivity contribution >= 4 is 28.4 Å². The Bertz CT molecular complexity index is 732. The molecule has 1 aromatic carbocycles. The average molecular weight is 253 g/mol. The topological polar surface area (TPSA) is 81.1 Å². The van der Waals surface area contributed by atoms with Gasteiger partial charge in [0.15, 0.2) is 0 Å². The lowest BCUT2D eigenvalue weighted by molar-refractivity contribution is 0.102. The molecule has 0 bridgehead atoms. The van der Waals surface area contributed by atoms with Crippen LogP contribution in [0.4, 0.5) is 11.5 Å². The van der Waals surface area contributed by atoms with Crippen molar-refractivity contribution in [3.8, 4) is 0 Å². The average Bonchev–Trinajstić information content (AvgIpc) is 2.85. The second-order valence-electron chi connectivity index (χ2n) is 4.07. The first-order chi connectivity index (χ1) is 9.24. The van der Waals surface area contributed by atoms with E-state index >= 15 is 0 Å². The molecule has 0 unspecified atom stereocenters. The molecule has 3 aromatic rings. The van der Waals surface area contributed by atoms with Gasteiger partial charge in [-0.1, -0.05) is 18.2 Å². The number of amides is 1. The van der Waals surface area contributed by atoms with Crippen molar-refractivity contribution in [3.63, 3.8) is 0 Å². The number of furan rings is 1. The highest BCUT2D eigenvalue weighted by Gasteiger charge is 2.13. The van der Waals surface area contributed by atoms with Crippen LogP contribution in [0.15, 0.2) is 53.3 Å². The number of hydrogen-bond acceptors (Lipinski definition) is 4. The number of hydrogen-bond donors (Lipinski definition) is 2. The Kier molecular flexibility index (Phi) is 2.64. The molecule has 5 heteroatoms. The molecule has 2 aromatic heterocycles. The second kappa shape index (κ2) is 4.45. The van der Waals surface area contributed by atoms with E-state index in [4.69, 9.17) is 10.2 Å². The van der Waals surface area contributed by atoms with Gasteiger partial charge in [0.05, 0.1) is 17.4 Å². The van der Waals surface area contributed by atoms with Gasteiger partial charge in [0, 0.05) is 5.39 Å². The molecule has 94 valence electrons. The van der Waals surface area contributed by atoms with Crippen LogP contribution in [-0.4, -0.2) is 10.9 Å². The fourth-order valence-electron chi connectivity index (χ4n) is 1.83. The van der Waals surface area contributed by atoms with Crippen molar-refractivity contribution in [2.75, 3.05) is 11.1 Å². The first kappa shape index (κ1) is 11.3. The molecule has 0 atom stereocenters. The van der Waals surface area contributed by atoms with E-state index in [-0.39, 0.29) is 5.91 Å². The minimum absolute atomic E-state index is 0.239. The number of benzene rings is 1. The molecule has 0 saturated heterocycles. The van der Waals surface area contributed by atoms with Gasteiger partial charge in [0.1, 0.15) is 17.7 Å². The number of anilines is 2. The summed E-state index contributed by atoms with van der Waals surface area (Å²) >= 11 is 0. The van der Waals surface area contributed by atoms with Crippen molar-refractivity contribution in [2.45, 2.75) is 0 Å². The molecule has 0 aliphatic carbocycles. The Hall–Kier alpha value is -2.82. The SMILES string of the molecule is Nc1ccc(NC(=O)c2coc3ccccc23)cn1. The van der Waals surface area contributed by atoms with Crippen molar-refractivity contribution in [1.29, 1.82) is 0 Å². The van der Waals surface area contributed by atoms with Crippen molar-refractivity contribution < 1.29 is 9.21 Å². The normalized spacial score (nSPS) is 10.5. The molecule has 2 heterocycles. The van der Waals surface area contributed by atoms with Crippen LogP contribution in [0.2, 0.25) is 0 Å². The zero-order chi connectivity index (χ0) is 13.2. The monoisotopic (exact) mass is 253 g/mol. The maximum atomic E-state index is 12.1. The number of carbonyl (C=O) groups excluding carboxylic acids is 1. The fraction of sp³-hybridized carbons (Fsp3) is 0. The van der Waals surface area contributed by atoms with Crippen LogP contribution >= 0.6 is 0 Å².